The summed E-state index contributed by atoms with van der Waals surface area (Å²) in [5.41, 5.74) is 1.76. The standard InChI is InChI=1S/C11H11BrN4/c1-2-3-11-15-9(4-10(12)16-11)8-5-13-7-14-6-8/h4-7H,2-3H2,1H3. The molecular formula is C11H11BrN4. The first kappa shape index (κ1) is 11.1. The van der Waals surface area contributed by atoms with Gasteiger partial charge in [-0.05, 0) is 28.4 Å². The van der Waals surface area contributed by atoms with Gasteiger partial charge in [0.05, 0.1) is 5.69 Å². The van der Waals surface area contributed by atoms with E-state index in [4.69, 9.17) is 0 Å². The fourth-order valence-corrected chi connectivity index (χ4v) is 1.80. The Balaban J connectivity index is 2.41. The Labute approximate surface area is 102 Å². The van der Waals surface area contributed by atoms with Crippen molar-refractivity contribution in [3.8, 4) is 11.3 Å². The van der Waals surface area contributed by atoms with Gasteiger partial charge in [0.1, 0.15) is 16.8 Å². The number of hydrogen-bond donors (Lipinski definition) is 0. The lowest BCUT2D eigenvalue weighted by Gasteiger charge is -2.03. The van der Waals surface area contributed by atoms with Crippen molar-refractivity contribution < 1.29 is 0 Å². The van der Waals surface area contributed by atoms with E-state index in [-0.39, 0.29) is 0 Å². The van der Waals surface area contributed by atoms with Gasteiger partial charge in [-0.2, -0.15) is 0 Å². The van der Waals surface area contributed by atoms with Crippen molar-refractivity contribution in [3.05, 3.63) is 35.2 Å². The molecule has 0 aliphatic rings. The van der Waals surface area contributed by atoms with E-state index < -0.39 is 0 Å². The first-order valence-corrected chi connectivity index (χ1v) is 5.87. The Morgan fingerprint density at radius 2 is 1.94 bits per heavy atom. The predicted octanol–water partition coefficient (Wildman–Crippen LogP) is 2.65. The van der Waals surface area contributed by atoms with Crippen molar-refractivity contribution in [2.45, 2.75) is 19.8 Å². The normalized spacial score (nSPS) is 10.4. The molecule has 16 heavy (non-hydrogen) atoms. The molecule has 0 aromatic carbocycles. The summed E-state index contributed by atoms with van der Waals surface area (Å²) in [7, 11) is 0. The average Bonchev–Trinajstić information content (AvgIpc) is 2.30. The van der Waals surface area contributed by atoms with Crippen LogP contribution in [0.25, 0.3) is 11.3 Å². The molecule has 0 atom stereocenters. The highest BCUT2D eigenvalue weighted by atomic mass is 79.9. The van der Waals surface area contributed by atoms with Crippen molar-refractivity contribution in [3.63, 3.8) is 0 Å². The SMILES string of the molecule is CCCc1nc(Br)cc(-c2cncnc2)n1. The summed E-state index contributed by atoms with van der Waals surface area (Å²) >= 11 is 3.39. The van der Waals surface area contributed by atoms with Crippen LogP contribution < -0.4 is 0 Å². The van der Waals surface area contributed by atoms with Crippen molar-refractivity contribution in [1.29, 1.82) is 0 Å². The molecule has 0 radical (unpaired) electrons. The second-order valence-corrected chi connectivity index (χ2v) is 4.18. The Morgan fingerprint density at radius 1 is 1.19 bits per heavy atom. The van der Waals surface area contributed by atoms with Crippen molar-refractivity contribution >= 4 is 15.9 Å². The third-order valence-electron chi connectivity index (χ3n) is 2.07. The number of hydrogen-bond acceptors (Lipinski definition) is 4. The third-order valence-corrected chi connectivity index (χ3v) is 2.48. The molecule has 0 aliphatic heterocycles. The van der Waals surface area contributed by atoms with E-state index in [1.165, 1.54) is 6.33 Å². The molecule has 5 heteroatoms. The monoisotopic (exact) mass is 278 g/mol. The highest BCUT2D eigenvalue weighted by Crippen LogP contribution is 2.18. The maximum Gasteiger partial charge on any atom is 0.130 e. The molecule has 0 saturated heterocycles. The molecule has 2 rings (SSSR count). The smallest absolute Gasteiger partial charge is 0.130 e. The van der Waals surface area contributed by atoms with Gasteiger partial charge in [-0.3, -0.25) is 0 Å². The number of halogens is 1. The summed E-state index contributed by atoms with van der Waals surface area (Å²) in [6, 6.07) is 1.87. The molecule has 0 aliphatic carbocycles. The average molecular weight is 279 g/mol. The van der Waals surface area contributed by atoms with E-state index in [0.29, 0.717) is 0 Å². The lowest BCUT2D eigenvalue weighted by molar-refractivity contribution is 0.830. The topological polar surface area (TPSA) is 51.6 Å². The Kier molecular flexibility index (Phi) is 3.56. The van der Waals surface area contributed by atoms with Gasteiger partial charge >= 0.3 is 0 Å². The van der Waals surface area contributed by atoms with Gasteiger partial charge in [0, 0.05) is 24.4 Å². The summed E-state index contributed by atoms with van der Waals surface area (Å²) in [6.07, 6.45) is 6.91. The zero-order valence-electron chi connectivity index (χ0n) is 8.89. The highest BCUT2D eigenvalue weighted by molar-refractivity contribution is 9.10. The zero-order chi connectivity index (χ0) is 11.4. The summed E-state index contributed by atoms with van der Waals surface area (Å²) in [5.74, 6) is 0.843. The van der Waals surface area contributed by atoms with Crippen LogP contribution in [-0.4, -0.2) is 19.9 Å². The van der Waals surface area contributed by atoms with Crippen molar-refractivity contribution in [2.24, 2.45) is 0 Å². The van der Waals surface area contributed by atoms with Crippen molar-refractivity contribution in [2.75, 3.05) is 0 Å². The molecule has 0 fully saturated rings. The molecule has 0 amide bonds. The first-order valence-electron chi connectivity index (χ1n) is 5.08. The van der Waals surface area contributed by atoms with E-state index in [1.54, 1.807) is 12.4 Å². The van der Waals surface area contributed by atoms with E-state index in [2.05, 4.69) is 42.8 Å². The molecular weight excluding hydrogens is 268 g/mol. The second kappa shape index (κ2) is 5.12. The minimum Gasteiger partial charge on any atom is -0.244 e. The predicted molar refractivity (Wildman–Crippen MR) is 64.8 cm³/mol. The summed E-state index contributed by atoms with van der Waals surface area (Å²) in [4.78, 5) is 16.7. The van der Waals surface area contributed by atoms with Crippen LogP contribution in [0.1, 0.15) is 19.2 Å². The minimum absolute atomic E-state index is 0.796. The van der Waals surface area contributed by atoms with Crippen LogP contribution in [0, 0.1) is 0 Å². The molecule has 0 spiro atoms. The van der Waals surface area contributed by atoms with Gasteiger partial charge in [-0.25, -0.2) is 19.9 Å². The van der Waals surface area contributed by atoms with Crippen LogP contribution in [0.2, 0.25) is 0 Å². The number of rotatable bonds is 3. The van der Waals surface area contributed by atoms with E-state index >= 15 is 0 Å². The molecule has 0 N–H and O–H groups in total. The fraction of sp³-hybridized carbons (Fsp3) is 0.273. The lowest BCUT2D eigenvalue weighted by atomic mass is 10.2. The molecule has 2 aromatic rings. The van der Waals surface area contributed by atoms with Gasteiger partial charge < -0.3 is 0 Å². The Bertz CT molecular complexity index is 473. The number of aryl methyl sites for hydroxylation is 1. The van der Waals surface area contributed by atoms with Crippen LogP contribution in [0.15, 0.2) is 29.4 Å². The molecule has 2 aromatic heterocycles. The molecule has 0 bridgehead atoms. The van der Waals surface area contributed by atoms with Gasteiger partial charge in [0.15, 0.2) is 0 Å². The Hall–Kier alpha value is -1.36. The molecule has 4 nitrogen and oxygen atoms in total. The maximum atomic E-state index is 4.47. The van der Waals surface area contributed by atoms with Crippen LogP contribution in [-0.2, 0) is 6.42 Å². The van der Waals surface area contributed by atoms with Crippen LogP contribution in [0.4, 0.5) is 0 Å². The van der Waals surface area contributed by atoms with E-state index in [0.717, 1.165) is 34.5 Å². The number of aromatic nitrogens is 4. The summed E-state index contributed by atoms with van der Waals surface area (Å²) in [6.45, 7) is 2.11. The van der Waals surface area contributed by atoms with Crippen LogP contribution in [0.3, 0.4) is 0 Å². The molecule has 0 unspecified atom stereocenters. The Morgan fingerprint density at radius 3 is 2.62 bits per heavy atom. The highest BCUT2D eigenvalue weighted by Gasteiger charge is 2.05. The van der Waals surface area contributed by atoms with Gasteiger partial charge in [0.25, 0.3) is 0 Å². The lowest BCUT2D eigenvalue weighted by Crippen LogP contribution is -1.97. The maximum absolute atomic E-state index is 4.47. The van der Waals surface area contributed by atoms with Gasteiger partial charge in [0.2, 0.25) is 0 Å². The summed E-state index contributed by atoms with van der Waals surface area (Å²) in [5, 5.41) is 0. The minimum atomic E-state index is 0.796. The zero-order valence-corrected chi connectivity index (χ0v) is 10.5. The van der Waals surface area contributed by atoms with E-state index in [9.17, 15) is 0 Å². The third kappa shape index (κ3) is 2.61. The van der Waals surface area contributed by atoms with E-state index in [1.807, 2.05) is 6.07 Å². The fourth-order valence-electron chi connectivity index (χ4n) is 1.38. The van der Waals surface area contributed by atoms with Crippen LogP contribution in [0.5, 0.6) is 0 Å². The first-order chi connectivity index (χ1) is 7.79. The van der Waals surface area contributed by atoms with Gasteiger partial charge in [-0.1, -0.05) is 6.92 Å². The van der Waals surface area contributed by atoms with Crippen LogP contribution >= 0.6 is 15.9 Å². The van der Waals surface area contributed by atoms with Crippen molar-refractivity contribution in [1.82, 2.24) is 19.9 Å². The molecule has 82 valence electrons. The number of nitrogens with zero attached hydrogens (tertiary/aromatic N) is 4. The summed E-state index contributed by atoms with van der Waals surface area (Å²) < 4.78 is 0.796. The largest absolute Gasteiger partial charge is 0.244 e. The second-order valence-electron chi connectivity index (χ2n) is 3.37. The van der Waals surface area contributed by atoms with Gasteiger partial charge in [-0.15, -0.1) is 0 Å². The molecule has 0 saturated carbocycles. The quantitative estimate of drug-likeness (QED) is 0.810. The molecule has 2 heterocycles.